The fraction of sp³-hybridized carbons (Fsp3) is 0.125. The monoisotopic (exact) mass is 268 g/mol. The van der Waals surface area contributed by atoms with Gasteiger partial charge in [0.05, 0.1) is 12.6 Å². The molecule has 0 aliphatic rings. The number of aromatic hydroxyl groups is 1. The Bertz CT molecular complexity index is 619. The Morgan fingerprint density at radius 3 is 2.60 bits per heavy atom. The standard InChI is InChI=1S/C16H16N2O2/c1-12-6-8-13(9-7-12)10-16(20)18-17-11-14-4-2-3-5-15(14)19/h2-9,11,19H,10H2,1H3,(H,18,20). The van der Waals surface area contributed by atoms with E-state index in [0.717, 1.165) is 11.1 Å². The number of carbonyl (C=O) groups excluding carboxylic acids is 1. The molecule has 0 aromatic heterocycles. The van der Waals surface area contributed by atoms with Crippen LogP contribution in [0.4, 0.5) is 0 Å². The smallest absolute Gasteiger partial charge is 0.244 e. The molecular weight excluding hydrogens is 252 g/mol. The van der Waals surface area contributed by atoms with Crippen LogP contribution in [0.5, 0.6) is 5.75 Å². The molecule has 2 rings (SSSR count). The highest BCUT2D eigenvalue weighted by Crippen LogP contribution is 2.12. The molecule has 1 amide bonds. The van der Waals surface area contributed by atoms with Crippen molar-refractivity contribution in [1.82, 2.24) is 5.43 Å². The van der Waals surface area contributed by atoms with E-state index in [1.807, 2.05) is 31.2 Å². The first kappa shape index (κ1) is 13.8. The number of benzene rings is 2. The van der Waals surface area contributed by atoms with Gasteiger partial charge in [0.2, 0.25) is 5.91 Å². The van der Waals surface area contributed by atoms with Crippen LogP contribution in [0.1, 0.15) is 16.7 Å². The van der Waals surface area contributed by atoms with Crippen LogP contribution < -0.4 is 5.43 Å². The predicted octanol–water partition coefficient (Wildman–Crippen LogP) is 2.39. The molecule has 20 heavy (non-hydrogen) atoms. The first-order valence-electron chi connectivity index (χ1n) is 6.30. The van der Waals surface area contributed by atoms with Crippen LogP contribution in [-0.2, 0) is 11.2 Å². The van der Waals surface area contributed by atoms with Gasteiger partial charge in [0.25, 0.3) is 0 Å². The first-order valence-corrected chi connectivity index (χ1v) is 6.30. The van der Waals surface area contributed by atoms with E-state index >= 15 is 0 Å². The molecule has 4 heteroatoms. The number of hydrogen-bond acceptors (Lipinski definition) is 3. The zero-order valence-corrected chi connectivity index (χ0v) is 11.2. The van der Waals surface area contributed by atoms with Crippen molar-refractivity contribution in [2.45, 2.75) is 13.3 Å². The molecule has 0 heterocycles. The number of nitrogens with one attached hydrogen (secondary N) is 1. The number of para-hydroxylation sites is 1. The number of nitrogens with zero attached hydrogens (tertiary/aromatic N) is 1. The Kier molecular flexibility index (Phi) is 4.50. The summed E-state index contributed by atoms with van der Waals surface area (Å²) in [5, 5.41) is 13.4. The number of carbonyl (C=O) groups is 1. The quantitative estimate of drug-likeness (QED) is 0.660. The van der Waals surface area contributed by atoms with Gasteiger partial charge >= 0.3 is 0 Å². The van der Waals surface area contributed by atoms with Crippen molar-refractivity contribution in [3.63, 3.8) is 0 Å². The number of hydrazone groups is 1. The maximum atomic E-state index is 11.7. The molecule has 0 saturated carbocycles. The highest BCUT2D eigenvalue weighted by Gasteiger charge is 2.01. The minimum absolute atomic E-state index is 0.129. The summed E-state index contributed by atoms with van der Waals surface area (Å²) in [6.07, 6.45) is 1.70. The number of hydrogen-bond donors (Lipinski definition) is 2. The average Bonchev–Trinajstić information content (AvgIpc) is 2.43. The lowest BCUT2D eigenvalue weighted by atomic mass is 10.1. The second-order valence-electron chi connectivity index (χ2n) is 4.51. The van der Waals surface area contributed by atoms with Crippen LogP contribution in [0.25, 0.3) is 0 Å². The van der Waals surface area contributed by atoms with Crippen LogP contribution in [0, 0.1) is 6.92 Å². The van der Waals surface area contributed by atoms with Crippen LogP contribution in [0.15, 0.2) is 53.6 Å². The van der Waals surface area contributed by atoms with E-state index in [1.165, 1.54) is 6.21 Å². The molecule has 0 aliphatic carbocycles. The molecule has 0 fully saturated rings. The van der Waals surface area contributed by atoms with E-state index < -0.39 is 0 Å². The Labute approximate surface area is 117 Å². The Morgan fingerprint density at radius 1 is 1.20 bits per heavy atom. The van der Waals surface area contributed by atoms with Crippen molar-refractivity contribution < 1.29 is 9.90 Å². The molecule has 4 nitrogen and oxygen atoms in total. The fourth-order valence-electron chi connectivity index (χ4n) is 1.70. The third-order valence-corrected chi connectivity index (χ3v) is 2.81. The summed E-state index contributed by atoms with van der Waals surface area (Å²) < 4.78 is 0. The van der Waals surface area contributed by atoms with Crippen molar-refractivity contribution in [2.24, 2.45) is 5.10 Å². The number of phenols is 1. The van der Waals surface area contributed by atoms with Gasteiger partial charge in [-0.05, 0) is 24.6 Å². The van der Waals surface area contributed by atoms with Gasteiger partial charge in [-0.25, -0.2) is 5.43 Å². The van der Waals surface area contributed by atoms with Crippen molar-refractivity contribution in [1.29, 1.82) is 0 Å². The summed E-state index contributed by atoms with van der Waals surface area (Å²) in [6, 6.07) is 14.6. The first-order chi connectivity index (χ1) is 9.65. The summed E-state index contributed by atoms with van der Waals surface area (Å²) in [5.41, 5.74) is 5.09. The molecule has 0 unspecified atom stereocenters. The maximum absolute atomic E-state index is 11.7. The van der Waals surface area contributed by atoms with Crippen LogP contribution >= 0.6 is 0 Å². The predicted molar refractivity (Wildman–Crippen MR) is 78.7 cm³/mol. The molecular formula is C16H16N2O2. The molecule has 0 atom stereocenters. The third-order valence-electron chi connectivity index (χ3n) is 2.81. The van der Waals surface area contributed by atoms with Crippen LogP contribution in [0.2, 0.25) is 0 Å². The highest BCUT2D eigenvalue weighted by atomic mass is 16.3. The summed E-state index contributed by atoms with van der Waals surface area (Å²) in [6.45, 7) is 2.00. The largest absolute Gasteiger partial charge is 0.507 e. The Hall–Kier alpha value is -2.62. The topological polar surface area (TPSA) is 61.7 Å². The molecule has 0 aliphatic heterocycles. The van der Waals surface area contributed by atoms with Gasteiger partial charge in [0.15, 0.2) is 0 Å². The van der Waals surface area contributed by atoms with Gasteiger partial charge in [-0.1, -0.05) is 42.0 Å². The van der Waals surface area contributed by atoms with Gasteiger partial charge in [-0.15, -0.1) is 0 Å². The van der Waals surface area contributed by atoms with E-state index in [9.17, 15) is 9.90 Å². The van der Waals surface area contributed by atoms with E-state index in [2.05, 4.69) is 10.5 Å². The second-order valence-corrected chi connectivity index (χ2v) is 4.51. The summed E-state index contributed by atoms with van der Waals surface area (Å²) >= 11 is 0. The van der Waals surface area contributed by atoms with E-state index in [4.69, 9.17) is 0 Å². The average molecular weight is 268 g/mol. The van der Waals surface area contributed by atoms with Gasteiger partial charge in [0, 0.05) is 5.56 Å². The van der Waals surface area contributed by atoms with Crippen LogP contribution in [0.3, 0.4) is 0 Å². The lowest BCUT2D eigenvalue weighted by Gasteiger charge is -2.01. The molecule has 0 saturated heterocycles. The molecule has 2 N–H and O–H groups in total. The highest BCUT2D eigenvalue weighted by molar-refractivity contribution is 5.85. The zero-order valence-electron chi connectivity index (χ0n) is 11.2. The number of phenolic OH excluding ortho intramolecular Hbond substituents is 1. The van der Waals surface area contributed by atoms with E-state index in [-0.39, 0.29) is 18.1 Å². The van der Waals surface area contributed by atoms with Crippen molar-refractivity contribution in [3.05, 3.63) is 65.2 Å². The Balaban J connectivity index is 1.89. The van der Waals surface area contributed by atoms with Crippen LogP contribution in [-0.4, -0.2) is 17.2 Å². The lowest BCUT2D eigenvalue weighted by Crippen LogP contribution is -2.19. The summed E-state index contributed by atoms with van der Waals surface area (Å²) in [5.74, 6) is -0.0652. The number of rotatable bonds is 4. The molecule has 2 aromatic rings. The van der Waals surface area contributed by atoms with Gasteiger partial charge in [-0.3, -0.25) is 4.79 Å². The Morgan fingerprint density at radius 2 is 1.90 bits per heavy atom. The van der Waals surface area contributed by atoms with E-state index in [0.29, 0.717) is 5.56 Å². The van der Waals surface area contributed by atoms with Crippen molar-refractivity contribution in [2.75, 3.05) is 0 Å². The van der Waals surface area contributed by atoms with Gasteiger partial charge < -0.3 is 5.11 Å². The van der Waals surface area contributed by atoms with E-state index in [1.54, 1.807) is 24.3 Å². The normalized spacial score (nSPS) is 10.7. The lowest BCUT2D eigenvalue weighted by molar-refractivity contribution is -0.120. The summed E-state index contributed by atoms with van der Waals surface area (Å²) in [7, 11) is 0. The maximum Gasteiger partial charge on any atom is 0.244 e. The molecule has 0 radical (unpaired) electrons. The number of amides is 1. The SMILES string of the molecule is Cc1ccc(CC(=O)NN=Cc2ccccc2O)cc1. The third kappa shape index (κ3) is 3.95. The van der Waals surface area contributed by atoms with Crippen molar-refractivity contribution >= 4 is 12.1 Å². The van der Waals surface area contributed by atoms with Gasteiger partial charge in [-0.2, -0.15) is 5.10 Å². The molecule has 102 valence electrons. The molecule has 0 bridgehead atoms. The molecule has 2 aromatic carbocycles. The zero-order chi connectivity index (χ0) is 14.4. The minimum atomic E-state index is -0.194. The fourth-order valence-corrected chi connectivity index (χ4v) is 1.70. The summed E-state index contributed by atoms with van der Waals surface area (Å²) in [4.78, 5) is 11.7. The van der Waals surface area contributed by atoms with Gasteiger partial charge in [0.1, 0.15) is 5.75 Å². The second kappa shape index (κ2) is 6.52. The number of aryl methyl sites for hydroxylation is 1. The minimum Gasteiger partial charge on any atom is -0.507 e. The molecule has 0 spiro atoms. The van der Waals surface area contributed by atoms with Crippen molar-refractivity contribution in [3.8, 4) is 5.75 Å².